The molecule has 7 heteroatoms. The molecule has 1 atom stereocenters. The van der Waals surface area contributed by atoms with Crippen LogP contribution in [0.3, 0.4) is 0 Å². The first kappa shape index (κ1) is 22.4. The van der Waals surface area contributed by atoms with Gasteiger partial charge in [0.1, 0.15) is 0 Å². The normalized spacial score (nSPS) is 20.0. The van der Waals surface area contributed by atoms with Gasteiger partial charge < -0.3 is 18.9 Å². The van der Waals surface area contributed by atoms with Gasteiger partial charge in [0.15, 0.2) is 0 Å². The molecule has 0 aliphatic carbocycles. The van der Waals surface area contributed by atoms with Gasteiger partial charge in [-0.1, -0.05) is 23.7 Å². The number of carbonyl (C=O) groups is 2. The van der Waals surface area contributed by atoms with Crippen LogP contribution < -0.4 is 0 Å². The molecule has 0 unspecified atom stereocenters. The van der Waals surface area contributed by atoms with Crippen molar-refractivity contribution in [3.05, 3.63) is 69.1 Å². The number of carbonyl (C=O) groups excluding carboxylic acids is 2. The van der Waals surface area contributed by atoms with Crippen molar-refractivity contribution in [2.45, 2.75) is 39.7 Å². The summed E-state index contributed by atoms with van der Waals surface area (Å²) in [6.07, 6.45) is 3.65. The fourth-order valence-electron chi connectivity index (χ4n) is 4.53. The minimum atomic E-state index is -0.517. The summed E-state index contributed by atoms with van der Waals surface area (Å²) in [6.45, 7) is 6.88. The third-order valence-electron chi connectivity index (χ3n) is 6.17. The van der Waals surface area contributed by atoms with Crippen LogP contribution in [-0.4, -0.2) is 47.7 Å². The van der Waals surface area contributed by atoms with Gasteiger partial charge >= 0.3 is 5.97 Å². The van der Waals surface area contributed by atoms with E-state index in [4.69, 9.17) is 21.1 Å². The van der Waals surface area contributed by atoms with E-state index in [1.807, 2.05) is 48.7 Å². The Morgan fingerprint density at radius 2 is 2.03 bits per heavy atom. The molecule has 1 saturated heterocycles. The first-order chi connectivity index (χ1) is 15.3. The van der Waals surface area contributed by atoms with E-state index in [0.29, 0.717) is 35.0 Å². The molecular weight excluding hydrogens is 428 g/mol. The van der Waals surface area contributed by atoms with Gasteiger partial charge in [-0.3, -0.25) is 4.79 Å². The molecule has 1 amide bonds. The number of benzene rings is 1. The summed E-state index contributed by atoms with van der Waals surface area (Å²) in [4.78, 5) is 27.7. The van der Waals surface area contributed by atoms with Crippen LogP contribution in [0.15, 0.2) is 47.2 Å². The third kappa shape index (κ3) is 3.89. The second kappa shape index (κ2) is 8.96. The Morgan fingerprint density at radius 3 is 2.69 bits per heavy atom. The predicted octanol–water partition coefficient (Wildman–Crippen LogP) is 4.60. The van der Waals surface area contributed by atoms with Gasteiger partial charge in [-0.05, 0) is 63.5 Å². The number of aryl methyl sites for hydroxylation is 1. The maximum Gasteiger partial charge on any atom is 0.340 e. The lowest BCUT2D eigenvalue weighted by Gasteiger charge is -2.21. The molecule has 6 nitrogen and oxygen atoms in total. The molecule has 0 N–H and O–H groups in total. The first-order valence-corrected chi connectivity index (χ1v) is 11.1. The number of nitrogens with zero attached hydrogens (tertiary/aromatic N) is 2. The summed E-state index contributed by atoms with van der Waals surface area (Å²) < 4.78 is 12.8. The van der Waals surface area contributed by atoms with Gasteiger partial charge in [-0.2, -0.15) is 0 Å². The maximum atomic E-state index is 13.4. The molecule has 0 bridgehead atoms. The molecule has 0 radical (unpaired) electrons. The average molecular weight is 455 g/mol. The predicted molar refractivity (Wildman–Crippen MR) is 124 cm³/mol. The van der Waals surface area contributed by atoms with Crippen LogP contribution in [0.1, 0.15) is 36.7 Å². The number of allylic oxidation sites excluding steroid dienone is 1. The summed E-state index contributed by atoms with van der Waals surface area (Å²) in [5.74, 6) is -0.724. The van der Waals surface area contributed by atoms with Crippen molar-refractivity contribution in [1.82, 2.24) is 9.47 Å². The number of hydrogen-bond donors (Lipinski definition) is 0. The van der Waals surface area contributed by atoms with Gasteiger partial charge in [0.05, 0.1) is 41.6 Å². The number of hydrogen-bond acceptors (Lipinski definition) is 4. The van der Waals surface area contributed by atoms with Crippen LogP contribution in [0.25, 0.3) is 11.8 Å². The van der Waals surface area contributed by atoms with E-state index in [1.54, 1.807) is 17.9 Å². The first-order valence-electron chi connectivity index (χ1n) is 10.7. The van der Waals surface area contributed by atoms with Gasteiger partial charge in [-0.15, -0.1) is 0 Å². The molecule has 1 aromatic carbocycles. The average Bonchev–Trinajstić information content (AvgIpc) is 3.44. The highest BCUT2D eigenvalue weighted by Gasteiger charge is 2.38. The summed E-state index contributed by atoms with van der Waals surface area (Å²) in [6, 6.07) is 9.61. The van der Waals surface area contributed by atoms with E-state index in [-0.39, 0.29) is 12.0 Å². The van der Waals surface area contributed by atoms with E-state index in [2.05, 4.69) is 0 Å². The summed E-state index contributed by atoms with van der Waals surface area (Å²) in [7, 11) is 1.33. The summed E-state index contributed by atoms with van der Waals surface area (Å²) in [5.41, 5.74) is 4.86. The van der Waals surface area contributed by atoms with Crippen molar-refractivity contribution in [3.63, 3.8) is 0 Å². The van der Waals surface area contributed by atoms with Crippen molar-refractivity contribution in [2.75, 3.05) is 20.3 Å². The Labute approximate surface area is 193 Å². The highest BCUT2D eigenvalue weighted by Crippen LogP contribution is 2.34. The zero-order valence-corrected chi connectivity index (χ0v) is 19.5. The SMILES string of the molecule is COC(=O)C1=C(C)N(C[C@@H]2CCCO2)C(=O)/C1=C\c1cc(C)n(-c2ccccc2Cl)c1C. The molecule has 1 fully saturated rings. The van der Waals surface area contributed by atoms with Crippen molar-refractivity contribution in [2.24, 2.45) is 0 Å². The highest BCUT2D eigenvalue weighted by atomic mass is 35.5. The Balaban J connectivity index is 1.77. The quantitative estimate of drug-likeness (QED) is 0.489. The highest BCUT2D eigenvalue weighted by molar-refractivity contribution is 6.32. The number of rotatable bonds is 5. The molecule has 2 aliphatic rings. The molecule has 1 aromatic heterocycles. The molecular formula is C25H27ClN2O4. The van der Waals surface area contributed by atoms with E-state index < -0.39 is 5.97 Å². The van der Waals surface area contributed by atoms with Gasteiger partial charge in [0.2, 0.25) is 0 Å². The fourth-order valence-corrected chi connectivity index (χ4v) is 4.75. The minimum absolute atomic E-state index is 0.0163. The molecule has 2 aromatic rings. The van der Waals surface area contributed by atoms with Crippen LogP contribution in [0.2, 0.25) is 5.02 Å². The number of methoxy groups -OCH3 is 1. The zero-order chi connectivity index (χ0) is 23.0. The van der Waals surface area contributed by atoms with Gasteiger partial charge in [-0.25, -0.2) is 4.79 Å². The molecule has 0 spiro atoms. The third-order valence-corrected chi connectivity index (χ3v) is 6.49. The number of halogens is 1. The lowest BCUT2D eigenvalue weighted by Crippen LogP contribution is -2.33. The molecule has 3 heterocycles. The monoisotopic (exact) mass is 454 g/mol. The fraction of sp³-hybridized carbons (Fsp3) is 0.360. The van der Waals surface area contributed by atoms with E-state index >= 15 is 0 Å². The van der Waals surface area contributed by atoms with Crippen LogP contribution in [-0.2, 0) is 19.1 Å². The molecule has 32 heavy (non-hydrogen) atoms. The summed E-state index contributed by atoms with van der Waals surface area (Å²) in [5, 5.41) is 0.638. The van der Waals surface area contributed by atoms with E-state index in [1.165, 1.54) is 7.11 Å². The number of ether oxygens (including phenoxy) is 2. The van der Waals surface area contributed by atoms with Crippen LogP contribution in [0.4, 0.5) is 0 Å². The molecule has 2 aliphatic heterocycles. The summed E-state index contributed by atoms with van der Waals surface area (Å²) >= 11 is 6.43. The van der Waals surface area contributed by atoms with Crippen molar-refractivity contribution in [1.29, 1.82) is 0 Å². The second-order valence-corrected chi connectivity index (χ2v) is 8.58. The van der Waals surface area contributed by atoms with Crippen LogP contribution in [0, 0.1) is 13.8 Å². The lowest BCUT2D eigenvalue weighted by molar-refractivity contribution is -0.136. The van der Waals surface area contributed by atoms with Crippen molar-refractivity contribution < 1.29 is 19.1 Å². The number of aromatic nitrogens is 1. The molecule has 168 valence electrons. The topological polar surface area (TPSA) is 60.8 Å². The maximum absolute atomic E-state index is 13.4. The largest absolute Gasteiger partial charge is 0.465 e. The minimum Gasteiger partial charge on any atom is -0.465 e. The van der Waals surface area contributed by atoms with Crippen molar-refractivity contribution in [3.8, 4) is 5.69 Å². The van der Waals surface area contributed by atoms with Crippen molar-refractivity contribution >= 4 is 29.6 Å². The number of esters is 1. The standard InChI is InChI=1S/C25H27ClN2O4/c1-15-12-18(16(2)28(15)22-10-6-5-9-21(22)26)13-20-23(25(30)31-4)17(3)27(24(20)29)14-19-8-7-11-32-19/h5-6,9-10,12-13,19H,7-8,11,14H2,1-4H3/b20-13-/t19-/m0/s1. The van der Waals surface area contributed by atoms with Crippen LogP contribution in [0.5, 0.6) is 0 Å². The Morgan fingerprint density at radius 1 is 1.28 bits per heavy atom. The second-order valence-electron chi connectivity index (χ2n) is 8.17. The molecule has 0 saturated carbocycles. The molecule has 4 rings (SSSR count). The lowest BCUT2D eigenvalue weighted by atomic mass is 10.0. The zero-order valence-electron chi connectivity index (χ0n) is 18.8. The Bertz CT molecular complexity index is 1140. The smallest absolute Gasteiger partial charge is 0.340 e. The van der Waals surface area contributed by atoms with E-state index in [9.17, 15) is 9.59 Å². The van der Waals surface area contributed by atoms with E-state index in [0.717, 1.165) is 35.5 Å². The van der Waals surface area contributed by atoms with Crippen LogP contribution >= 0.6 is 11.6 Å². The van der Waals surface area contributed by atoms with Gasteiger partial charge in [0, 0.05) is 23.7 Å². The number of para-hydroxylation sites is 1. The number of amides is 1. The Hall–Kier alpha value is -2.83. The van der Waals surface area contributed by atoms with Gasteiger partial charge in [0.25, 0.3) is 5.91 Å². The Kier molecular flexibility index (Phi) is 6.26.